The number of amides is 2. The molecular formula is C25H42N4O2. The van der Waals surface area contributed by atoms with Crippen LogP contribution >= 0.6 is 0 Å². The Bertz CT molecular complexity index is 749. The third-order valence-corrected chi connectivity index (χ3v) is 7.57. The minimum atomic E-state index is 0.0969. The number of hydrogen-bond donors (Lipinski definition) is 2. The topological polar surface area (TPSA) is 68.4 Å². The van der Waals surface area contributed by atoms with Crippen LogP contribution in [0.2, 0.25) is 0 Å². The zero-order valence-electron chi connectivity index (χ0n) is 20.1. The minimum Gasteiger partial charge on any atom is -0.356 e. The number of rotatable bonds is 8. The summed E-state index contributed by atoms with van der Waals surface area (Å²) in [6.45, 7) is 12.9. The van der Waals surface area contributed by atoms with Gasteiger partial charge in [-0.05, 0) is 82.9 Å². The highest BCUT2D eigenvalue weighted by atomic mass is 16.2. The van der Waals surface area contributed by atoms with Crippen LogP contribution in [0, 0.1) is 26.7 Å². The monoisotopic (exact) mass is 430 g/mol. The van der Waals surface area contributed by atoms with Gasteiger partial charge in [0, 0.05) is 44.3 Å². The smallest absolute Gasteiger partial charge is 0.270 e. The van der Waals surface area contributed by atoms with E-state index in [2.05, 4.69) is 29.0 Å². The van der Waals surface area contributed by atoms with Gasteiger partial charge >= 0.3 is 0 Å². The Labute approximate surface area is 188 Å². The summed E-state index contributed by atoms with van der Waals surface area (Å²) >= 11 is 0. The van der Waals surface area contributed by atoms with Gasteiger partial charge < -0.3 is 20.1 Å². The number of carbonyl (C=O) groups excluding carboxylic acids is 2. The van der Waals surface area contributed by atoms with Crippen LogP contribution in [-0.2, 0) is 4.79 Å². The number of likely N-dealkylation sites (tertiary alicyclic amines) is 2. The van der Waals surface area contributed by atoms with Gasteiger partial charge in [-0.1, -0.05) is 13.3 Å². The number of aryl methyl sites for hydroxylation is 1. The summed E-state index contributed by atoms with van der Waals surface area (Å²) < 4.78 is 0. The van der Waals surface area contributed by atoms with E-state index in [-0.39, 0.29) is 11.8 Å². The van der Waals surface area contributed by atoms with Crippen molar-refractivity contribution in [3.8, 4) is 0 Å². The average Bonchev–Trinajstić information content (AvgIpc) is 3.04. The second-order valence-corrected chi connectivity index (χ2v) is 9.61. The molecule has 0 aromatic carbocycles. The lowest BCUT2D eigenvalue weighted by Gasteiger charge is -2.35. The van der Waals surface area contributed by atoms with E-state index < -0.39 is 0 Å². The van der Waals surface area contributed by atoms with E-state index in [9.17, 15) is 9.59 Å². The van der Waals surface area contributed by atoms with Gasteiger partial charge in [0.05, 0.1) is 0 Å². The standard InChI is InChI=1S/C25H42N4O2/c1-5-22-9-6-7-13-28(22)14-8-12-26-23(30)17-21-10-15-29(16-11-21)25(31)24-19(3)18(2)20(4)27-24/h21-22,27H,5-17H2,1-4H3,(H,26,30)/t22-/m0/s1. The van der Waals surface area contributed by atoms with E-state index in [4.69, 9.17) is 0 Å². The summed E-state index contributed by atoms with van der Waals surface area (Å²) in [7, 11) is 0. The molecule has 1 aromatic heterocycles. The van der Waals surface area contributed by atoms with Crippen molar-refractivity contribution >= 4 is 11.8 Å². The number of piperidine rings is 2. The predicted octanol–water partition coefficient (Wildman–Crippen LogP) is 3.95. The summed E-state index contributed by atoms with van der Waals surface area (Å²) in [5.41, 5.74) is 4.02. The maximum absolute atomic E-state index is 12.9. The van der Waals surface area contributed by atoms with Crippen LogP contribution in [0.4, 0.5) is 0 Å². The molecule has 174 valence electrons. The number of aromatic amines is 1. The van der Waals surface area contributed by atoms with Crippen molar-refractivity contribution < 1.29 is 9.59 Å². The molecule has 0 radical (unpaired) electrons. The quantitative estimate of drug-likeness (QED) is 0.614. The molecule has 3 rings (SSSR count). The van der Waals surface area contributed by atoms with E-state index in [1.165, 1.54) is 37.8 Å². The van der Waals surface area contributed by atoms with Crippen LogP contribution in [0.5, 0.6) is 0 Å². The largest absolute Gasteiger partial charge is 0.356 e. The van der Waals surface area contributed by atoms with E-state index in [0.29, 0.717) is 12.3 Å². The molecule has 0 bridgehead atoms. The molecule has 2 fully saturated rings. The first-order valence-electron chi connectivity index (χ1n) is 12.4. The fourth-order valence-corrected chi connectivity index (χ4v) is 5.22. The first-order valence-corrected chi connectivity index (χ1v) is 12.4. The van der Waals surface area contributed by atoms with Crippen LogP contribution in [-0.4, -0.2) is 65.4 Å². The Morgan fingerprint density at radius 2 is 1.77 bits per heavy atom. The van der Waals surface area contributed by atoms with Crippen molar-refractivity contribution in [1.82, 2.24) is 20.1 Å². The maximum Gasteiger partial charge on any atom is 0.270 e. The van der Waals surface area contributed by atoms with Crippen LogP contribution in [0.15, 0.2) is 0 Å². The van der Waals surface area contributed by atoms with Gasteiger partial charge in [-0.15, -0.1) is 0 Å². The number of carbonyl (C=O) groups is 2. The lowest BCUT2D eigenvalue weighted by molar-refractivity contribution is -0.122. The van der Waals surface area contributed by atoms with Crippen molar-refractivity contribution in [1.29, 1.82) is 0 Å². The van der Waals surface area contributed by atoms with Gasteiger partial charge in [-0.25, -0.2) is 0 Å². The van der Waals surface area contributed by atoms with E-state index in [0.717, 1.165) is 68.4 Å². The van der Waals surface area contributed by atoms with Gasteiger partial charge in [-0.3, -0.25) is 9.59 Å². The van der Waals surface area contributed by atoms with Gasteiger partial charge in [-0.2, -0.15) is 0 Å². The highest BCUT2D eigenvalue weighted by molar-refractivity contribution is 5.94. The predicted molar refractivity (Wildman–Crippen MR) is 125 cm³/mol. The molecule has 6 heteroatoms. The number of aromatic nitrogens is 1. The summed E-state index contributed by atoms with van der Waals surface area (Å²) in [5.74, 6) is 0.644. The number of hydrogen-bond acceptors (Lipinski definition) is 3. The first kappa shape index (κ1) is 23.8. The number of nitrogens with one attached hydrogen (secondary N) is 2. The normalized spacial score (nSPS) is 20.8. The van der Waals surface area contributed by atoms with Crippen molar-refractivity contribution in [2.45, 2.75) is 85.1 Å². The van der Waals surface area contributed by atoms with Crippen molar-refractivity contribution in [2.75, 3.05) is 32.7 Å². The lowest BCUT2D eigenvalue weighted by atomic mass is 9.93. The summed E-state index contributed by atoms with van der Waals surface area (Å²) in [4.78, 5) is 33.1. The van der Waals surface area contributed by atoms with Gasteiger partial charge in [0.15, 0.2) is 0 Å². The molecular weight excluding hydrogens is 388 g/mol. The third kappa shape index (κ3) is 6.12. The number of H-pyrrole nitrogens is 1. The second kappa shape index (κ2) is 11.2. The molecule has 2 N–H and O–H groups in total. The Hall–Kier alpha value is -1.82. The SMILES string of the molecule is CC[C@H]1CCCCN1CCCNC(=O)CC1CCN(C(=O)c2[nH]c(C)c(C)c2C)CC1. The first-order chi connectivity index (χ1) is 14.9. The van der Waals surface area contributed by atoms with E-state index >= 15 is 0 Å². The van der Waals surface area contributed by atoms with E-state index in [1.807, 2.05) is 18.7 Å². The van der Waals surface area contributed by atoms with Crippen molar-refractivity contribution in [3.05, 3.63) is 22.5 Å². The highest BCUT2D eigenvalue weighted by Crippen LogP contribution is 2.24. The molecule has 3 heterocycles. The molecule has 1 aromatic rings. The molecule has 0 spiro atoms. The molecule has 31 heavy (non-hydrogen) atoms. The molecule has 0 saturated carbocycles. The van der Waals surface area contributed by atoms with Gasteiger partial charge in [0.25, 0.3) is 5.91 Å². The molecule has 0 unspecified atom stereocenters. The summed E-state index contributed by atoms with van der Waals surface area (Å²) in [6.07, 6.45) is 8.66. The fourth-order valence-electron chi connectivity index (χ4n) is 5.22. The van der Waals surface area contributed by atoms with Crippen molar-refractivity contribution in [3.63, 3.8) is 0 Å². The fraction of sp³-hybridized carbons (Fsp3) is 0.760. The Morgan fingerprint density at radius 3 is 2.42 bits per heavy atom. The third-order valence-electron chi connectivity index (χ3n) is 7.57. The molecule has 2 aliphatic heterocycles. The van der Waals surface area contributed by atoms with Crippen LogP contribution < -0.4 is 5.32 Å². The summed E-state index contributed by atoms with van der Waals surface area (Å²) in [5, 5.41) is 3.13. The molecule has 0 aliphatic carbocycles. The number of nitrogens with zero attached hydrogens (tertiary/aromatic N) is 2. The molecule has 2 saturated heterocycles. The van der Waals surface area contributed by atoms with Crippen LogP contribution in [0.25, 0.3) is 0 Å². The molecule has 1 atom stereocenters. The van der Waals surface area contributed by atoms with Crippen molar-refractivity contribution in [2.24, 2.45) is 5.92 Å². The molecule has 2 amide bonds. The van der Waals surface area contributed by atoms with E-state index in [1.54, 1.807) is 0 Å². The van der Waals surface area contributed by atoms with Crippen LogP contribution in [0.1, 0.15) is 85.6 Å². The minimum absolute atomic E-state index is 0.0969. The average molecular weight is 431 g/mol. The molecule has 6 nitrogen and oxygen atoms in total. The van der Waals surface area contributed by atoms with Crippen LogP contribution in [0.3, 0.4) is 0 Å². The highest BCUT2D eigenvalue weighted by Gasteiger charge is 2.27. The maximum atomic E-state index is 12.9. The summed E-state index contributed by atoms with van der Waals surface area (Å²) in [6, 6.07) is 0.736. The zero-order valence-corrected chi connectivity index (χ0v) is 20.1. The Balaban J connectivity index is 1.34. The molecule has 2 aliphatic rings. The Kier molecular flexibility index (Phi) is 8.58. The van der Waals surface area contributed by atoms with Gasteiger partial charge in [0.1, 0.15) is 5.69 Å². The zero-order chi connectivity index (χ0) is 22.4. The second-order valence-electron chi connectivity index (χ2n) is 9.61. The lowest BCUT2D eigenvalue weighted by Crippen LogP contribution is -2.41. The Morgan fingerprint density at radius 1 is 1.03 bits per heavy atom. The van der Waals surface area contributed by atoms with Gasteiger partial charge in [0.2, 0.25) is 5.91 Å².